The van der Waals surface area contributed by atoms with E-state index in [-0.39, 0.29) is 11.9 Å². The number of nitrogens with one attached hydrogen (secondary N) is 2. The molecule has 2 N–H and O–H groups in total. The molecule has 0 spiro atoms. The molecule has 0 bridgehead atoms. The molecule has 0 saturated carbocycles. The molecule has 2 aromatic rings. The van der Waals surface area contributed by atoms with Gasteiger partial charge in [-0.05, 0) is 38.1 Å². The molecule has 0 aromatic carbocycles. The molecule has 0 aliphatic carbocycles. The van der Waals surface area contributed by atoms with Crippen molar-refractivity contribution in [1.82, 2.24) is 20.2 Å². The maximum Gasteiger partial charge on any atom is 0.255 e. The summed E-state index contributed by atoms with van der Waals surface area (Å²) in [5, 5.41) is 10.5. The van der Waals surface area contributed by atoms with E-state index < -0.39 is 0 Å². The van der Waals surface area contributed by atoms with Gasteiger partial charge in [0, 0.05) is 12.2 Å². The van der Waals surface area contributed by atoms with Crippen molar-refractivity contribution in [2.24, 2.45) is 0 Å². The van der Waals surface area contributed by atoms with Gasteiger partial charge in [0.05, 0.1) is 17.3 Å². The zero-order chi connectivity index (χ0) is 12.4. The number of aromatic nitrogens is 2. The highest BCUT2D eigenvalue weighted by Crippen LogP contribution is 2.11. The van der Waals surface area contributed by atoms with Crippen molar-refractivity contribution in [2.45, 2.75) is 18.9 Å². The Morgan fingerprint density at radius 1 is 1.39 bits per heavy atom. The number of nitrogens with zero attached hydrogens (tertiary/aromatic N) is 2. The quantitative estimate of drug-likeness (QED) is 0.822. The first-order valence-electron chi connectivity index (χ1n) is 6.28. The number of carbonyl (C=O) groups is 1. The molecule has 94 valence electrons. The summed E-state index contributed by atoms with van der Waals surface area (Å²) in [7, 11) is 0. The number of carbonyl (C=O) groups excluding carboxylic acids is 1. The molecule has 0 unspecified atom stereocenters. The molecule has 5 heteroatoms. The van der Waals surface area contributed by atoms with Crippen molar-refractivity contribution < 1.29 is 4.79 Å². The molecule has 1 saturated heterocycles. The Kier molecular flexibility index (Phi) is 2.98. The van der Waals surface area contributed by atoms with Gasteiger partial charge >= 0.3 is 0 Å². The maximum atomic E-state index is 12.2. The lowest BCUT2D eigenvalue weighted by Gasteiger charge is -2.23. The Morgan fingerprint density at radius 2 is 2.22 bits per heavy atom. The van der Waals surface area contributed by atoms with E-state index in [2.05, 4.69) is 15.7 Å². The standard InChI is InChI=1S/C13H16N4O/c18-13(16-10-4-6-14-7-5-10)11-9-15-17-8-2-1-3-12(11)17/h1-3,8-10,14H,4-7H2,(H,16,18). The number of fused-ring (bicyclic) bond motifs is 1. The van der Waals surface area contributed by atoms with Crippen molar-refractivity contribution in [2.75, 3.05) is 13.1 Å². The molecule has 3 heterocycles. The van der Waals surface area contributed by atoms with Gasteiger partial charge in [-0.3, -0.25) is 4.79 Å². The lowest BCUT2D eigenvalue weighted by Crippen LogP contribution is -2.42. The number of hydrogen-bond donors (Lipinski definition) is 2. The molecule has 1 amide bonds. The molecule has 3 rings (SSSR count). The molecule has 1 aliphatic rings. The topological polar surface area (TPSA) is 58.4 Å². The van der Waals surface area contributed by atoms with Crippen LogP contribution in [0.25, 0.3) is 5.52 Å². The first-order chi connectivity index (χ1) is 8.84. The third kappa shape index (κ3) is 2.09. The zero-order valence-corrected chi connectivity index (χ0v) is 10.1. The van der Waals surface area contributed by atoms with Crippen LogP contribution in [-0.4, -0.2) is 34.7 Å². The van der Waals surface area contributed by atoms with Gasteiger partial charge < -0.3 is 10.6 Å². The highest BCUT2D eigenvalue weighted by Gasteiger charge is 2.18. The maximum absolute atomic E-state index is 12.2. The molecule has 18 heavy (non-hydrogen) atoms. The number of piperidine rings is 1. The summed E-state index contributed by atoms with van der Waals surface area (Å²) >= 11 is 0. The Bertz CT molecular complexity index is 557. The van der Waals surface area contributed by atoms with E-state index in [9.17, 15) is 4.79 Å². The molecule has 1 fully saturated rings. The van der Waals surface area contributed by atoms with Crippen LogP contribution in [0.2, 0.25) is 0 Å². The van der Waals surface area contributed by atoms with Crippen LogP contribution in [-0.2, 0) is 0 Å². The summed E-state index contributed by atoms with van der Waals surface area (Å²) in [5.41, 5.74) is 1.50. The van der Waals surface area contributed by atoms with Crippen molar-refractivity contribution in [3.05, 3.63) is 36.2 Å². The normalized spacial score (nSPS) is 16.9. The van der Waals surface area contributed by atoms with Crippen LogP contribution in [0.4, 0.5) is 0 Å². The Labute approximate surface area is 105 Å². The van der Waals surface area contributed by atoms with Crippen LogP contribution in [0, 0.1) is 0 Å². The second kappa shape index (κ2) is 4.78. The van der Waals surface area contributed by atoms with Crippen LogP contribution < -0.4 is 10.6 Å². The van der Waals surface area contributed by atoms with Gasteiger partial charge in [0.15, 0.2) is 0 Å². The van der Waals surface area contributed by atoms with Crippen molar-refractivity contribution in [1.29, 1.82) is 0 Å². The minimum atomic E-state index is -0.0249. The third-order valence-electron chi connectivity index (χ3n) is 3.35. The Morgan fingerprint density at radius 3 is 3.06 bits per heavy atom. The third-order valence-corrected chi connectivity index (χ3v) is 3.35. The van der Waals surface area contributed by atoms with E-state index in [0.29, 0.717) is 5.56 Å². The highest BCUT2D eigenvalue weighted by atomic mass is 16.1. The number of amides is 1. The van der Waals surface area contributed by atoms with Gasteiger partial charge in [-0.1, -0.05) is 6.07 Å². The largest absolute Gasteiger partial charge is 0.349 e. The van der Waals surface area contributed by atoms with Gasteiger partial charge in [-0.25, -0.2) is 4.52 Å². The van der Waals surface area contributed by atoms with E-state index in [1.54, 1.807) is 10.7 Å². The van der Waals surface area contributed by atoms with E-state index >= 15 is 0 Å². The molecule has 2 aromatic heterocycles. The lowest BCUT2D eigenvalue weighted by molar-refractivity contribution is 0.0931. The zero-order valence-electron chi connectivity index (χ0n) is 10.1. The van der Waals surface area contributed by atoms with Gasteiger partial charge in [0.25, 0.3) is 5.91 Å². The molecular formula is C13H16N4O. The Hall–Kier alpha value is -1.88. The summed E-state index contributed by atoms with van der Waals surface area (Å²) in [6, 6.07) is 5.99. The van der Waals surface area contributed by atoms with E-state index in [1.807, 2.05) is 24.4 Å². The van der Waals surface area contributed by atoms with Crippen LogP contribution in [0.3, 0.4) is 0 Å². The van der Waals surface area contributed by atoms with Crippen molar-refractivity contribution in [3.63, 3.8) is 0 Å². The second-order valence-electron chi connectivity index (χ2n) is 4.59. The summed E-state index contributed by atoms with van der Waals surface area (Å²) < 4.78 is 1.72. The minimum Gasteiger partial charge on any atom is -0.349 e. The fourth-order valence-electron chi connectivity index (χ4n) is 2.34. The van der Waals surface area contributed by atoms with Crippen LogP contribution in [0.5, 0.6) is 0 Å². The second-order valence-corrected chi connectivity index (χ2v) is 4.59. The molecule has 1 aliphatic heterocycles. The van der Waals surface area contributed by atoms with Gasteiger partial charge in [0.1, 0.15) is 0 Å². The predicted molar refractivity (Wildman–Crippen MR) is 68.5 cm³/mol. The summed E-state index contributed by atoms with van der Waals surface area (Å²) in [5.74, 6) is -0.0249. The van der Waals surface area contributed by atoms with E-state index in [4.69, 9.17) is 0 Å². The smallest absolute Gasteiger partial charge is 0.255 e. The number of pyridine rings is 1. The van der Waals surface area contributed by atoms with Crippen LogP contribution in [0.15, 0.2) is 30.6 Å². The fourth-order valence-corrected chi connectivity index (χ4v) is 2.34. The van der Waals surface area contributed by atoms with Gasteiger partial charge in [-0.15, -0.1) is 0 Å². The van der Waals surface area contributed by atoms with Crippen molar-refractivity contribution >= 4 is 11.4 Å². The first kappa shape index (κ1) is 11.2. The van der Waals surface area contributed by atoms with Crippen LogP contribution in [0.1, 0.15) is 23.2 Å². The number of rotatable bonds is 2. The summed E-state index contributed by atoms with van der Waals surface area (Å²) in [4.78, 5) is 12.2. The highest BCUT2D eigenvalue weighted by molar-refractivity contribution is 6.00. The summed E-state index contributed by atoms with van der Waals surface area (Å²) in [6.07, 6.45) is 5.46. The Balaban J connectivity index is 1.79. The fraction of sp³-hybridized carbons (Fsp3) is 0.385. The lowest BCUT2D eigenvalue weighted by atomic mass is 10.1. The van der Waals surface area contributed by atoms with Gasteiger partial charge in [0.2, 0.25) is 0 Å². The molecule has 0 radical (unpaired) electrons. The average Bonchev–Trinajstić information content (AvgIpc) is 2.84. The molecule has 5 nitrogen and oxygen atoms in total. The summed E-state index contributed by atoms with van der Waals surface area (Å²) in [6.45, 7) is 1.94. The van der Waals surface area contributed by atoms with E-state index in [0.717, 1.165) is 31.4 Å². The first-order valence-corrected chi connectivity index (χ1v) is 6.28. The predicted octanol–water partition coefficient (Wildman–Crippen LogP) is 0.816. The molecule has 0 atom stereocenters. The van der Waals surface area contributed by atoms with Crippen molar-refractivity contribution in [3.8, 4) is 0 Å². The van der Waals surface area contributed by atoms with Gasteiger partial charge in [-0.2, -0.15) is 5.10 Å². The average molecular weight is 244 g/mol. The molecular weight excluding hydrogens is 228 g/mol. The monoisotopic (exact) mass is 244 g/mol. The minimum absolute atomic E-state index is 0.0249. The SMILES string of the molecule is O=C(NC1CCNCC1)c1cnn2ccccc12. The van der Waals surface area contributed by atoms with E-state index in [1.165, 1.54) is 0 Å². The number of hydrogen-bond acceptors (Lipinski definition) is 3. The van der Waals surface area contributed by atoms with Crippen LogP contribution >= 0.6 is 0 Å².